The highest BCUT2D eigenvalue weighted by Gasteiger charge is 2.13. The number of likely N-dealkylation sites (N-methyl/N-ethyl adjacent to an activating group) is 1. The van der Waals surface area contributed by atoms with Crippen LogP contribution in [0.2, 0.25) is 0 Å². The highest BCUT2D eigenvalue weighted by atomic mass is 32.1. The number of carbonyl (C=O) groups is 1. The van der Waals surface area contributed by atoms with E-state index in [2.05, 4.69) is 20.5 Å². The highest BCUT2D eigenvalue weighted by Crippen LogP contribution is 2.24. The lowest BCUT2D eigenvalue weighted by Crippen LogP contribution is -2.34. The second-order valence-electron chi connectivity index (χ2n) is 5.59. The second kappa shape index (κ2) is 8.39. The average molecular weight is 369 g/mol. The molecule has 0 saturated heterocycles. The first-order chi connectivity index (χ1) is 12.6. The molecule has 1 N–H and O–H groups in total. The third-order valence-corrected chi connectivity index (χ3v) is 4.51. The van der Waals surface area contributed by atoms with Gasteiger partial charge in [-0.25, -0.2) is 4.79 Å². The number of nitrogens with zero attached hydrogens (tertiary/aromatic N) is 4. The van der Waals surface area contributed by atoms with Gasteiger partial charge in [-0.1, -0.05) is 35.6 Å². The van der Waals surface area contributed by atoms with Crippen molar-refractivity contribution in [2.24, 2.45) is 0 Å². The molecule has 2 aromatic heterocycles. The van der Waals surface area contributed by atoms with Crippen molar-refractivity contribution >= 4 is 22.5 Å². The quantitative estimate of drug-likeness (QED) is 0.720. The van der Waals surface area contributed by atoms with Crippen molar-refractivity contribution < 1.29 is 9.53 Å². The first kappa shape index (κ1) is 17.8. The van der Waals surface area contributed by atoms with Gasteiger partial charge < -0.3 is 9.64 Å². The van der Waals surface area contributed by atoms with Gasteiger partial charge in [-0.15, -0.1) is 10.2 Å². The molecule has 2 heterocycles. The van der Waals surface area contributed by atoms with Crippen LogP contribution in [0.4, 0.5) is 9.93 Å². The van der Waals surface area contributed by atoms with Gasteiger partial charge in [-0.05, 0) is 30.7 Å². The maximum absolute atomic E-state index is 12.3. The second-order valence-corrected chi connectivity index (χ2v) is 6.57. The molecule has 8 heteroatoms. The third-order valence-electron chi connectivity index (χ3n) is 3.65. The van der Waals surface area contributed by atoms with Gasteiger partial charge in [-0.3, -0.25) is 10.3 Å². The maximum atomic E-state index is 12.3. The molecule has 134 valence electrons. The summed E-state index contributed by atoms with van der Waals surface area (Å²) in [7, 11) is 1.71. The van der Waals surface area contributed by atoms with Crippen molar-refractivity contribution in [2.45, 2.75) is 6.92 Å². The van der Waals surface area contributed by atoms with Gasteiger partial charge in [0.05, 0.1) is 6.54 Å². The number of rotatable bonds is 6. The smallest absolute Gasteiger partial charge is 0.323 e. The number of carbonyl (C=O) groups excluding carboxylic acids is 1. The summed E-state index contributed by atoms with van der Waals surface area (Å²) in [5.74, 6) is 0.824. The predicted molar refractivity (Wildman–Crippen MR) is 101 cm³/mol. The summed E-state index contributed by atoms with van der Waals surface area (Å²) in [5.41, 5.74) is 1.79. The van der Waals surface area contributed by atoms with Gasteiger partial charge in [0.1, 0.15) is 18.1 Å². The first-order valence-electron chi connectivity index (χ1n) is 8.09. The minimum absolute atomic E-state index is 0.262. The molecule has 0 fully saturated rings. The molecule has 0 saturated carbocycles. The van der Waals surface area contributed by atoms with Gasteiger partial charge in [-0.2, -0.15) is 0 Å². The zero-order chi connectivity index (χ0) is 18.4. The fourth-order valence-corrected chi connectivity index (χ4v) is 2.88. The van der Waals surface area contributed by atoms with E-state index in [1.165, 1.54) is 11.3 Å². The molecule has 2 amide bonds. The lowest BCUT2D eigenvalue weighted by Gasteiger charge is -2.17. The van der Waals surface area contributed by atoms with Crippen molar-refractivity contribution in [2.75, 3.05) is 25.5 Å². The van der Waals surface area contributed by atoms with Crippen molar-refractivity contribution in [3.05, 3.63) is 54.2 Å². The normalized spacial score (nSPS) is 10.4. The largest absolute Gasteiger partial charge is 0.491 e. The Bertz CT molecular complexity index is 869. The number of pyridine rings is 1. The van der Waals surface area contributed by atoms with Gasteiger partial charge in [0.2, 0.25) is 5.13 Å². The van der Waals surface area contributed by atoms with E-state index < -0.39 is 0 Å². The Morgan fingerprint density at radius 3 is 2.77 bits per heavy atom. The summed E-state index contributed by atoms with van der Waals surface area (Å²) in [5, 5.41) is 11.9. The SMILES string of the molecule is Cc1ccccc1OCCN(C)C(=O)Nc1nnc(-c2ccccn2)s1. The number of amides is 2. The van der Waals surface area contributed by atoms with E-state index >= 15 is 0 Å². The summed E-state index contributed by atoms with van der Waals surface area (Å²) in [4.78, 5) is 18.0. The van der Waals surface area contributed by atoms with E-state index in [9.17, 15) is 4.79 Å². The minimum atomic E-state index is -0.262. The van der Waals surface area contributed by atoms with E-state index in [1.807, 2.05) is 49.4 Å². The molecule has 7 nitrogen and oxygen atoms in total. The molecule has 0 atom stereocenters. The number of ether oxygens (including phenoxy) is 1. The zero-order valence-electron chi connectivity index (χ0n) is 14.5. The third kappa shape index (κ3) is 4.54. The Kier molecular flexibility index (Phi) is 5.75. The van der Waals surface area contributed by atoms with Crippen LogP contribution in [-0.2, 0) is 0 Å². The first-order valence-corrected chi connectivity index (χ1v) is 8.90. The molecule has 0 aliphatic carbocycles. The molecule has 3 aromatic rings. The van der Waals surface area contributed by atoms with Crippen LogP contribution in [0.3, 0.4) is 0 Å². The Morgan fingerprint density at radius 1 is 1.19 bits per heavy atom. The molecule has 0 unspecified atom stereocenters. The number of aryl methyl sites for hydroxylation is 1. The summed E-state index contributed by atoms with van der Waals surface area (Å²) in [6, 6.07) is 13.1. The molecule has 0 radical (unpaired) electrons. The number of aromatic nitrogens is 3. The minimum Gasteiger partial charge on any atom is -0.491 e. The number of anilines is 1. The highest BCUT2D eigenvalue weighted by molar-refractivity contribution is 7.18. The fraction of sp³-hybridized carbons (Fsp3) is 0.222. The number of nitrogens with one attached hydrogen (secondary N) is 1. The summed E-state index contributed by atoms with van der Waals surface area (Å²) < 4.78 is 5.71. The lowest BCUT2D eigenvalue weighted by molar-refractivity contribution is 0.207. The van der Waals surface area contributed by atoms with Crippen LogP contribution in [0.1, 0.15) is 5.56 Å². The van der Waals surface area contributed by atoms with Gasteiger partial charge in [0.25, 0.3) is 0 Å². The molecule has 0 aliphatic heterocycles. The molecular formula is C18H19N5O2S. The van der Waals surface area contributed by atoms with Gasteiger partial charge in [0, 0.05) is 13.2 Å². The van der Waals surface area contributed by atoms with Crippen molar-refractivity contribution in [1.29, 1.82) is 0 Å². The number of benzene rings is 1. The molecule has 3 rings (SSSR count). The van der Waals surface area contributed by atoms with Gasteiger partial charge in [0.15, 0.2) is 5.01 Å². The molecular weight excluding hydrogens is 350 g/mol. The van der Waals surface area contributed by atoms with Gasteiger partial charge >= 0.3 is 6.03 Å². The molecule has 0 spiro atoms. The van der Waals surface area contributed by atoms with E-state index in [1.54, 1.807) is 18.1 Å². The maximum Gasteiger partial charge on any atom is 0.323 e. The van der Waals surface area contributed by atoms with Crippen molar-refractivity contribution in [3.63, 3.8) is 0 Å². The van der Waals surface area contributed by atoms with E-state index in [-0.39, 0.29) is 6.03 Å². The number of urea groups is 1. The van der Waals surface area contributed by atoms with E-state index in [0.717, 1.165) is 17.0 Å². The summed E-state index contributed by atoms with van der Waals surface area (Å²) in [6.07, 6.45) is 1.69. The standard InChI is InChI=1S/C18H19N5O2S/c1-13-7-3-4-9-15(13)25-12-11-23(2)18(24)20-17-22-21-16(26-17)14-8-5-6-10-19-14/h3-10H,11-12H2,1-2H3,(H,20,22,24). The van der Waals surface area contributed by atoms with Crippen LogP contribution in [0, 0.1) is 6.92 Å². The van der Waals surface area contributed by atoms with Crippen LogP contribution in [0.25, 0.3) is 10.7 Å². The van der Waals surface area contributed by atoms with Crippen LogP contribution in [0.5, 0.6) is 5.75 Å². The Hall–Kier alpha value is -3.00. The Morgan fingerprint density at radius 2 is 2.00 bits per heavy atom. The van der Waals surface area contributed by atoms with Crippen molar-refractivity contribution in [1.82, 2.24) is 20.1 Å². The average Bonchev–Trinajstić information content (AvgIpc) is 3.12. The predicted octanol–water partition coefficient (Wildman–Crippen LogP) is 3.45. The van der Waals surface area contributed by atoms with Crippen LogP contribution in [-0.4, -0.2) is 46.3 Å². The number of hydrogen-bond donors (Lipinski definition) is 1. The monoisotopic (exact) mass is 369 g/mol. The Balaban J connectivity index is 1.50. The molecule has 0 bridgehead atoms. The molecule has 1 aromatic carbocycles. The molecule has 0 aliphatic rings. The lowest BCUT2D eigenvalue weighted by atomic mass is 10.2. The van der Waals surface area contributed by atoms with Crippen LogP contribution in [0.15, 0.2) is 48.7 Å². The van der Waals surface area contributed by atoms with Crippen LogP contribution < -0.4 is 10.1 Å². The van der Waals surface area contributed by atoms with E-state index in [0.29, 0.717) is 23.3 Å². The van der Waals surface area contributed by atoms with Crippen LogP contribution >= 0.6 is 11.3 Å². The summed E-state index contributed by atoms with van der Waals surface area (Å²) in [6.45, 7) is 2.84. The topological polar surface area (TPSA) is 80.2 Å². The van der Waals surface area contributed by atoms with E-state index in [4.69, 9.17) is 4.74 Å². The molecule has 26 heavy (non-hydrogen) atoms. The Labute approximate surface area is 155 Å². The summed E-state index contributed by atoms with van der Waals surface area (Å²) >= 11 is 1.28. The number of hydrogen-bond acceptors (Lipinski definition) is 6. The van der Waals surface area contributed by atoms with Crippen molar-refractivity contribution in [3.8, 4) is 16.5 Å². The zero-order valence-corrected chi connectivity index (χ0v) is 15.4. The number of para-hydroxylation sites is 1. The fourth-order valence-electron chi connectivity index (χ4n) is 2.17.